The summed E-state index contributed by atoms with van der Waals surface area (Å²) in [7, 11) is 0. The predicted molar refractivity (Wildman–Crippen MR) is 70.4 cm³/mol. The van der Waals surface area contributed by atoms with E-state index in [4.69, 9.17) is 0 Å². The molecule has 0 saturated heterocycles. The molecule has 0 amide bonds. The Labute approximate surface area is 99.4 Å². The molecule has 90 valence electrons. The van der Waals surface area contributed by atoms with E-state index < -0.39 is 0 Å². The number of carbonyl (C=O) groups is 1. The Morgan fingerprint density at radius 3 is 1.87 bits per heavy atom. The van der Waals surface area contributed by atoms with Crippen molar-refractivity contribution in [3.8, 4) is 0 Å². The van der Waals surface area contributed by atoms with Crippen LogP contribution in [0.5, 0.6) is 0 Å². The van der Waals surface area contributed by atoms with E-state index in [0.29, 0.717) is 5.78 Å². The number of thioether (sulfide) groups is 1. The Morgan fingerprint density at radius 2 is 1.60 bits per heavy atom. The van der Waals surface area contributed by atoms with Crippen molar-refractivity contribution in [3.05, 3.63) is 0 Å². The number of ketones is 1. The Kier molecular flexibility index (Phi) is 5.39. The zero-order chi connectivity index (χ0) is 12.3. The fraction of sp³-hybridized carbons (Fsp3) is 0.923. The van der Waals surface area contributed by atoms with Gasteiger partial charge < -0.3 is 0 Å². The van der Waals surface area contributed by atoms with Crippen LogP contribution >= 0.6 is 11.8 Å². The van der Waals surface area contributed by atoms with E-state index in [1.54, 1.807) is 11.8 Å². The van der Waals surface area contributed by atoms with E-state index in [1.807, 2.05) is 20.8 Å². The van der Waals surface area contributed by atoms with Crippen LogP contribution in [0.25, 0.3) is 0 Å². The second-order valence-corrected chi connectivity index (χ2v) is 7.44. The van der Waals surface area contributed by atoms with Crippen molar-refractivity contribution in [1.29, 1.82) is 0 Å². The van der Waals surface area contributed by atoms with E-state index in [9.17, 15) is 4.79 Å². The smallest absolute Gasteiger partial charge is 0.142 e. The lowest BCUT2D eigenvalue weighted by molar-refractivity contribution is -0.130. The van der Waals surface area contributed by atoms with Gasteiger partial charge in [0.1, 0.15) is 5.78 Å². The van der Waals surface area contributed by atoms with Gasteiger partial charge >= 0.3 is 0 Å². The zero-order valence-electron chi connectivity index (χ0n) is 11.3. The monoisotopic (exact) mass is 230 g/mol. The molecule has 0 bridgehead atoms. The van der Waals surface area contributed by atoms with E-state index >= 15 is 0 Å². The minimum absolute atomic E-state index is 0.203. The fourth-order valence-electron chi connectivity index (χ4n) is 1.78. The van der Waals surface area contributed by atoms with Crippen molar-refractivity contribution >= 4 is 17.5 Å². The molecule has 0 rings (SSSR count). The molecule has 0 aliphatic rings. The number of rotatable bonds is 4. The average molecular weight is 230 g/mol. The van der Waals surface area contributed by atoms with Crippen molar-refractivity contribution in [2.75, 3.05) is 12.0 Å². The van der Waals surface area contributed by atoms with Crippen LogP contribution in [0.2, 0.25) is 0 Å². The summed E-state index contributed by atoms with van der Waals surface area (Å²) in [6.07, 6.45) is 3.07. The van der Waals surface area contributed by atoms with Gasteiger partial charge in [-0.1, -0.05) is 41.5 Å². The molecule has 0 aromatic carbocycles. The maximum atomic E-state index is 12.2. The molecule has 0 spiro atoms. The third-order valence-electron chi connectivity index (χ3n) is 2.34. The van der Waals surface area contributed by atoms with Gasteiger partial charge in [0.05, 0.1) is 0 Å². The lowest BCUT2D eigenvalue weighted by Gasteiger charge is -2.29. The molecule has 2 heteroatoms. The summed E-state index contributed by atoms with van der Waals surface area (Å²) in [6.45, 7) is 12.7. The predicted octanol–water partition coefficient (Wildman–Crippen LogP) is 4.02. The van der Waals surface area contributed by atoms with E-state index in [0.717, 1.165) is 12.2 Å². The van der Waals surface area contributed by atoms with Crippen molar-refractivity contribution in [2.45, 2.75) is 48.0 Å². The third-order valence-corrected chi connectivity index (χ3v) is 3.07. The first-order valence-corrected chi connectivity index (χ1v) is 7.00. The van der Waals surface area contributed by atoms with Gasteiger partial charge in [0, 0.05) is 17.1 Å². The van der Waals surface area contributed by atoms with Crippen molar-refractivity contribution < 1.29 is 4.79 Å². The lowest BCUT2D eigenvalue weighted by Crippen LogP contribution is -2.32. The molecular weight excluding hydrogens is 204 g/mol. The van der Waals surface area contributed by atoms with Crippen LogP contribution in [-0.4, -0.2) is 17.8 Å². The van der Waals surface area contributed by atoms with Crippen LogP contribution in [0.15, 0.2) is 0 Å². The largest absolute Gasteiger partial charge is 0.299 e. The van der Waals surface area contributed by atoms with Gasteiger partial charge in [0.15, 0.2) is 0 Å². The molecule has 0 N–H and O–H groups in total. The van der Waals surface area contributed by atoms with Crippen LogP contribution in [0.3, 0.4) is 0 Å². The highest BCUT2D eigenvalue weighted by Crippen LogP contribution is 2.31. The molecular formula is C13H26OS. The molecule has 1 nitrogen and oxygen atoms in total. The van der Waals surface area contributed by atoms with Crippen molar-refractivity contribution in [2.24, 2.45) is 16.7 Å². The lowest BCUT2D eigenvalue weighted by atomic mass is 9.76. The molecule has 0 aliphatic heterocycles. The van der Waals surface area contributed by atoms with Crippen molar-refractivity contribution in [3.63, 3.8) is 0 Å². The molecule has 0 saturated carbocycles. The second kappa shape index (κ2) is 5.38. The van der Waals surface area contributed by atoms with E-state index in [-0.39, 0.29) is 16.7 Å². The highest BCUT2D eigenvalue weighted by atomic mass is 32.2. The van der Waals surface area contributed by atoms with Gasteiger partial charge in [-0.2, -0.15) is 11.8 Å². The molecule has 0 aromatic rings. The van der Waals surface area contributed by atoms with E-state index in [1.165, 1.54) is 0 Å². The van der Waals surface area contributed by atoms with Crippen LogP contribution < -0.4 is 0 Å². The number of hydrogen-bond donors (Lipinski definition) is 0. The van der Waals surface area contributed by atoms with Gasteiger partial charge in [-0.05, 0) is 18.1 Å². The molecule has 0 heterocycles. The van der Waals surface area contributed by atoms with Gasteiger partial charge in [-0.15, -0.1) is 0 Å². The van der Waals surface area contributed by atoms with Gasteiger partial charge in [0.25, 0.3) is 0 Å². The summed E-state index contributed by atoms with van der Waals surface area (Å²) in [5.41, 5.74) is 0.0347. The summed E-state index contributed by atoms with van der Waals surface area (Å²) >= 11 is 1.77. The summed E-state index contributed by atoms with van der Waals surface area (Å²) in [5, 5.41) is 0. The Hall–Kier alpha value is 0.0200. The van der Waals surface area contributed by atoms with Gasteiger partial charge in [-0.3, -0.25) is 4.79 Å². The molecule has 15 heavy (non-hydrogen) atoms. The highest BCUT2D eigenvalue weighted by molar-refractivity contribution is 7.98. The average Bonchev–Trinajstić information content (AvgIpc) is 1.98. The molecule has 0 radical (unpaired) electrons. The molecule has 0 aliphatic carbocycles. The summed E-state index contributed by atoms with van der Waals surface area (Å²) in [5.74, 6) is 1.57. The number of hydrogen-bond acceptors (Lipinski definition) is 2. The minimum Gasteiger partial charge on any atom is -0.299 e. The number of carbonyl (C=O) groups excluding carboxylic acids is 1. The van der Waals surface area contributed by atoms with Crippen LogP contribution in [0.1, 0.15) is 48.0 Å². The zero-order valence-corrected chi connectivity index (χ0v) is 12.1. The first kappa shape index (κ1) is 15.0. The Morgan fingerprint density at radius 1 is 1.13 bits per heavy atom. The summed E-state index contributed by atoms with van der Waals surface area (Å²) < 4.78 is 0. The van der Waals surface area contributed by atoms with Crippen molar-refractivity contribution in [1.82, 2.24) is 0 Å². The second-order valence-electron chi connectivity index (χ2n) is 6.53. The topological polar surface area (TPSA) is 17.1 Å². The third kappa shape index (κ3) is 6.24. The van der Waals surface area contributed by atoms with Crippen LogP contribution in [0.4, 0.5) is 0 Å². The maximum Gasteiger partial charge on any atom is 0.142 e. The SMILES string of the molecule is CSC[C@H](CC(C)(C)C)C(=O)C(C)(C)C. The van der Waals surface area contributed by atoms with Crippen LogP contribution in [0, 0.1) is 16.7 Å². The Bertz CT molecular complexity index is 208. The highest BCUT2D eigenvalue weighted by Gasteiger charge is 2.31. The summed E-state index contributed by atoms with van der Waals surface area (Å²) in [6, 6.07) is 0. The van der Waals surface area contributed by atoms with Crippen LogP contribution in [-0.2, 0) is 4.79 Å². The van der Waals surface area contributed by atoms with Gasteiger partial charge in [0.2, 0.25) is 0 Å². The fourth-order valence-corrected chi connectivity index (χ4v) is 2.45. The Balaban J connectivity index is 4.60. The first-order chi connectivity index (χ1) is 6.58. The molecule has 1 atom stereocenters. The first-order valence-electron chi connectivity index (χ1n) is 5.61. The van der Waals surface area contributed by atoms with Gasteiger partial charge in [-0.25, -0.2) is 0 Å². The minimum atomic E-state index is -0.203. The summed E-state index contributed by atoms with van der Waals surface area (Å²) in [4.78, 5) is 12.2. The molecule has 0 aromatic heterocycles. The quantitative estimate of drug-likeness (QED) is 0.725. The molecule has 0 unspecified atom stereocenters. The maximum absolute atomic E-state index is 12.2. The standard InChI is InChI=1S/C13H26OS/c1-12(2,3)8-10(9-15-7)11(14)13(4,5)6/h10H,8-9H2,1-7H3/t10-/m0/s1. The normalized spacial score (nSPS) is 15.1. The number of Topliss-reactive ketones (excluding diaryl/α,β-unsaturated/α-hetero) is 1. The molecule has 0 fully saturated rings. The van der Waals surface area contributed by atoms with E-state index in [2.05, 4.69) is 27.0 Å².